The zero-order valence-electron chi connectivity index (χ0n) is 20.6. The highest BCUT2D eigenvalue weighted by Crippen LogP contribution is 2.53. The van der Waals surface area contributed by atoms with Crippen LogP contribution in [0.2, 0.25) is 0 Å². The third-order valence-electron chi connectivity index (χ3n) is 6.06. The summed E-state index contributed by atoms with van der Waals surface area (Å²) in [6.45, 7) is -0.0293. The molecule has 9 heteroatoms. The lowest BCUT2D eigenvalue weighted by molar-refractivity contribution is -0.384. The van der Waals surface area contributed by atoms with Gasteiger partial charge in [-0.1, -0.05) is 103 Å². The first-order valence-corrected chi connectivity index (χ1v) is 13.7. The predicted molar refractivity (Wildman–Crippen MR) is 154 cm³/mol. The highest BCUT2D eigenvalue weighted by molar-refractivity contribution is 8.02. The molecule has 0 saturated carbocycles. The number of amides is 1. The summed E-state index contributed by atoms with van der Waals surface area (Å²) in [7, 11) is 0. The molecule has 0 atom stereocenters. The number of nitrogens with one attached hydrogen (secondary N) is 1. The lowest BCUT2D eigenvalue weighted by Gasteiger charge is -2.35. The fourth-order valence-corrected chi connectivity index (χ4v) is 6.63. The highest BCUT2D eigenvalue weighted by Gasteiger charge is 2.39. The normalized spacial score (nSPS) is 11.1. The maximum absolute atomic E-state index is 12.7. The molecule has 1 aromatic heterocycles. The van der Waals surface area contributed by atoms with Gasteiger partial charge in [0, 0.05) is 12.1 Å². The van der Waals surface area contributed by atoms with E-state index in [1.165, 1.54) is 23.5 Å². The Labute approximate surface area is 233 Å². The molecule has 0 radical (unpaired) electrons. The Morgan fingerprint density at radius 3 is 1.85 bits per heavy atom. The standard InChI is InChI=1S/C30H23N3O4S2/c34-29(37-20-22-16-18-26(19-17-22)33(35)36)32-27-28(38-21-31-27)39-30(23-10-4-1-5-11-23,24-12-6-2-7-13-24)25-14-8-3-9-15-25/h1-19,21H,20H2,(H,32,34). The minimum absolute atomic E-state index is 0.0222. The average molecular weight is 554 g/mol. The zero-order valence-corrected chi connectivity index (χ0v) is 22.2. The lowest BCUT2D eigenvalue weighted by Crippen LogP contribution is -2.25. The van der Waals surface area contributed by atoms with Crippen LogP contribution in [0.1, 0.15) is 22.3 Å². The number of thiazole rings is 1. The van der Waals surface area contributed by atoms with E-state index in [0.29, 0.717) is 11.4 Å². The van der Waals surface area contributed by atoms with Gasteiger partial charge in [0.05, 0.1) is 15.2 Å². The first-order valence-electron chi connectivity index (χ1n) is 12.0. The second kappa shape index (κ2) is 11.9. The van der Waals surface area contributed by atoms with Gasteiger partial charge in [-0.05, 0) is 34.4 Å². The van der Waals surface area contributed by atoms with E-state index in [0.717, 1.165) is 20.9 Å². The summed E-state index contributed by atoms with van der Waals surface area (Å²) in [5.41, 5.74) is 5.58. The van der Waals surface area contributed by atoms with Gasteiger partial charge in [0.2, 0.25) is 0 Å². The second-order valence-corrected chi connectivity index (χ2v) is 10.8. The van der Waals surface area contributed by atoms with E-state index in [-0.39, 0.29) is 12.3 Å². The fraction of sp³-hybridized carbons (Fsp3) is 0.0667. The quantitative estimate of drug-likeness (QED) is 0.0863. The minimum atomic E-state index is -0.661. The van der Waals surface area contributed by atoms with Gasteiger partial charge in [0.1, 0.15) is 10.8 Å². The number of aromatic nitrogens is 1. The number of nitro benzene ring substituents is 1. The van der Waals surface area contributed by atoms with Crippen molar-refractivity contribution >= 4 is 40.7 Å². The summed E-state index contributed by atoms with van der Waals surface area (Å²) in [6, 6.07) is 36.7. The molecule has 39 heavy (non-hydrogen) atoms. The van der Waals surface area contributed by atoms with E-state index in [4.69, 9.17) is 4.74 Å². The number of hydrogen-bond donors (Lipinski definition) is 1. The number of hydrogen-bond acceptors (Lipinski definition) is 7. The Hall–Kier alpha value is -4.47. The summed E-state index contributed by atoms with van der Waals surface area (Å²) in [6.07, 6.45) is -0.661. The average Bonchev–Trinajstić information content (AvgIpc) is 3.42. The molecule has 7 nitrogen and oxygen atoms in total. The van der Waals surface area contributed by atoms with Gasteiger partial charge in [0.25, 0.3) is 5.69 Å². The number of nitrogens with zero attached hydrogens (tertiary/aromatic N) is 2. The van der Waals surface area contributed by atoms with Gasteiger partial charge in [-0.2, -0.15) is 0 Å². The molecule has 0 aliphatic carbocycles. The number of thioether (sulfide) groups is 1. The maximum Gasteiger partial charge on any atom is 0.413 e. The van der Waals surface area contributed by atoms with Crippen molar-refractivity contribution in [1.82, 2.24) is 4.98 Å². The molecule has 1 amide bonds. The molecule has 1 N–H and O–H groups in total. The van der Waals surface area contributed by atoms with Crippen LogP contribution in [0.15, 0.2) is 125 Å². The van der Waals surface area contributed by atoms with Crippen LogP contribution < -0.4 is 5.32 Å². The summed E-state index contributed by atoms with van der Waals surface area (Å²) >= 11 is 3.05. The number of ether oxygens (including phenoxy) is 1. The van der Waals surface area contributed by atoms with Crippen LogP contribution in [-0.4, -0.2) is 16.0 Å². The molecule has 194 valence electrons. The summed E-state index contributed by atoms with van der Waals surface area (Å²) in [4.78, 5) is 27.5. The van der Waals surface area contributed by atoms with Gasteiger partial charge in [-0.25, -0.2) is 9.78 Å². The molecule has 0 aliphatic heterocycles. The Morgan fingerprint density at radius 1 is 0.846 bits per heavy atom. The molecule has 5 rings (SSSR count). The van der Waals surface area contributed by atoms with Gasteiger partial charge < -0.3 is 4.74 Å². The Bertz CT molecular complexity index is 1450. The lowest BCUT2D eigenvalue weighted by atomic mass is 9.84. The first-order chi connectivity index (χ1) is 19.1. The predicted octanol–water partition coefficient (Wildman–Crippen LogP) is 7.88. The van der Waals surface area contributed by atoms with Crippen LogP contribution >= 0.6 is 23.1 Å². The molecule has 0 fully saturated rings. The van der Waals surface area contributed by atoms with Gasteiger partial charge in [-0.3, -0.25) is 15.4 Å². The van der Waals surface area contributed by atoms with E-state index in [1.807, 2.05) is 54.6 Å². The molecule has 5 aromatic rings. The molecule has 0 aliphatic rings. The molecule has 0 unspecified atom stereocenters. The van der Waals surface area contributed by atoms with Crippen LogP contribution in [0.4, 0.5) is 16.3 Å². The number of anilines is 1. The Morgan fingerprint density at radius 2 is 1.36 bits per heavy atom. The minimum Gasteiger partial charge on any atom is -0.444 e. The van der Waals surface area contributed by atoms with Crippen LogP contribution in [0.5, 0.6) is 0 Å². The fourth-order valence-electron chi connectivity index (χ4n) is 4.22. The molecular formula is C30H23N3O4S2. The molecule has 0 spiro atoms. The van der Waals surface area contributed by atoms with Crippen LogP contribution in [0.25, 0.3) is 0 Å². The third-order valence-corrected chi connectivity index (χ3v) is 8.61. The smallest absolute Gasteiger partial charge is 0.413 e. The van der Waals surface area contributed by atoms with Crippen LogP contribution in [-0.2, 0) is 16.1 Å². The van der Waals surface area contributed by atoms with Crippen LogP contribution in [0, 0.1) is 10.1 Å². The van der Waals surface area contributed by atoms with Crippen molar-refractivity contribution < 1.29 is 14.5 Å². The second-order valence-electron chi connectivity index (χ2n) is 8.49. The number of nitro groups is 1. The maximum atomic E-state index is 12.7. The Balaban J connectivity index is 1.43. The van der Waals surface area contributed by atoms with Gasteiger partial charge in [0.15, 0.2) is 5.82 Å². The van der Waals surface area contributed by atoms with E-state index in [1.54, 1.807) is 29.4 Å². The van der Waals surface area contributed by atoms with Crippen molar-refractivity contribution in [2.24, 2.45) is 0 Å². The monoisotopic (exact) mass is 553 g/mol. The number of rotatable bonds is 9. The number of non-ortho nitro benzene ring substituents is 1. The van der Waals surface area contributed by atoms with Crippen molar-refractivity contribution in [3.05, 3.63) is 153 Å². The number of benzene rings is 4. The van der Waals surface area contributed by atoms with Crippen molar-refractivity contribution in [3.8, 4) is 0 Å². The number of carbonyl (C=O) groups excluding carboxylic acids is 1. The van der Waals surface area contributed by atoms with E-state index >= 15 is 0 Å². The molecular weight excluding hydrogens is 530 g/mol. The summed E-state index contributed by atoms with van der Waals surface area (Å²) < 4.78 is 5.58. The highest BCUT2D eigenvalue weighted by atomic mass is 32.2. The van der Waals surface area contributed by atoms with Crippen molar-refractivity contribution in [1.29, 1.82) is 0 Å². The zero-order chi connectivity index (χ0) is 27.1. The molecule has 0 bridgehead atoms. The van der Waals surface area contributed by atoms with Crippen molar-refractivity contribution in [3.63, 3.8) is 0 Å². The van der Waals surface area contributed by atoms with Crippen LogP contribution in [0.3, 0.4) is 0 Å². The van der Waals surface area contributed by atoms with Gasteiger partial charge in [-0.15, -0.1) is 11.3 Å². The van der Waals surface area contributed by atoms with Crippen molar-refractivity contribution in [2.75, 3.05) is 5.32 Å². The van der Waals surface area contributed by atoms with Gasteiger partial charge >= 0.3 is 6.09 Å². The first kappa shape index (κ1) is 26.1. The topological polar surface area (TPSA) is 94.4 Å². The summed E-state index contributed by atoms with van der Waals surface area (Å²) in [5, 5.41) is 13.6. The summed E-state index contributed by atoms with van der Waals surface area (Å²) in [5.74, 6) is 0.408. The van der Waals surface area contributed by atoms with E-state index < -0.39 is 15.8 Å². The number of carbonyl (C=O) groups is 1. The van der Waals surface area contributed by atoms with Crippen molar-refractivity contribution in [2.45, 2.75) is 15.6 Å². The largest absolute Gasteiger partial charge is 0.444 e. The Kier molecular flexibility index (Phi) is 8.00. The SMILES string of the molecule is O=C(Nc1ncsc1SC(c1ccccc1)(c1ccccc1)c1ccccc1)OCc1ccc([N+](=O)[O-])cc1. The molecule has 0 saturated heterocycles. The third kappa shape index (κ3) is 5.84. The molecule has 4 aromatic carbocycles. The van der Waals surface area contributed by atoms with E-state index in [2.05, 4.69) is 46.7 Å². The van der Waals surface area contributed by atoms with E-state index in [9.17, 15) is 14.9 Å². The molecule has 1 heterocycles.